The number of aliphatic hydroxyl groups is 1. The van der Waals surface area contributed by atoms with Crippen molar-refractivity contribution in [1.82, 2.24) is 0 Å². The summed E-state index contributed by atoms with van der Waals surface area (Å²) >= 11 is 0. The molecule has 0 amide bonds. The zero-order valence-electron chi connectivity index (χ0n) is 7.78. The van der Waals surface area contributed by atoms with Crippen LogP contribution in [0.25, 0.3) is 0 Å². The van der Waals surface area contributed by atoms with Gasteiger partial charge in [0.15, 0.2) is 0 Å². The van der Waals surface area contributed by atoms with E-state index in [1.165, 1.54) is 6.42 Å². The van der Waals surface area contributed by atoms with E-state index >= 15 is 0 Å². The van der Waals surface area contributed by atoms with Crippen molar-refractivity contribution in [2.75, 3.05) is 0 Å². The van der Waals surface area contributed by atoms with E-state index in [1.807, 2.05) is 6.92 Å². The summed E-state index contributed by atoms with van der Waals surface area (Å²) in [6.45, 7) is 10.0. The van der Waals surface area contributed by atoms with Gasteiger partial charge in [-0.2, -0.15) is 0 Å². The normalized spacial score (nSPS) is 37.3. The van der Waals surface area contributed by atoms with Gasteiger partial charge in [-0.1, -0.05) is 20.4 Å². The van der Waals surface area contributed by atoms with Gasteiger partial charge in [-0.15, -0.1) is 0 Å². The van der Waals surface area contributed by atoms with Crippen LogP contribution >= 0.6 is 0 Å². The predicted octanol–water partition coefficient (Wildman–Crippen LogP) is 2.50. The summed E-state index contributed by atoms with van der Waals surface area (Å²) in [6, 6.07) is 0. The highest BCUT2D eigenvalue weighted by atomic mass is 16.3. The molecule has 1 saturated carbocycles. The number of hydrogen-bond acceptors (Lipinski definition) is 1. The second-order valence-electron chi connectivity index (χ2n) is 4.41. The van der Waals surface area contributed by atoms with Crippen molar-refractivity contribution in [3.05, 3.63) is 12.2 Å². The van der Waals surface area contributed by atoms with E-state index in [1.54, 1.807) is 0 Å². The van der Waals surface area contributed by atoms with Crippen molar-refractivity contribution in [1.29, 1.82) is 0 Å². The first-order chi connectivity index (χ1) is 4.88. The topological polar surface area (TPSA) is 20.2 Å². The SMILES string of the molecule is C=C1CCCC(C)(C)C1(C)O. The maximum Gasteiger partial charge on any atom is 0.0876 e. The molecule has 1 heteroatoms. The lowest BCUT2D eigenvalue weighted by atomic mass is 9.64. The molecule has 0 saturated heterocycles. The standard InChI is InChI=1S/C10H18O/c1-8-6-5-7-9(2,3)10(8,4)11/h11H,1,5-7H2,2-4H3. The first-order valence-electron chi connectivity index (χ1n) is 4.28. The molecule has 0 aromatic rings. The molecule has 0 bridgehead atoms. The monoisotopic (exact) mass is 154 g/mol. The summed E-state index contributed by atoms with van der Waals surface area (Å²) < 4.78 is 0. The fourth-order valence-corrected chi connectivity index (χ4v) is 1.71. The fourth-order valence-electron chi connectivity index (χ4n) is 1.71. The molecule has 0 aliphatic heterocycles. The minimum atomic E-state index is -0.661. The minimum absolute atomic E-state index is 0.00231. The first kappa shape index (κ1) is 8.79. The van der Waals surface area contributed by atoms with Crippen molar-refractivity contribution < 1.29 is 5.11 Å². The Morgan fingerprint density at radius 1 is 1.36 bits per heavy atom. The molecule has 11 heavy (non-hydrogen) atoms. The lowest BCUT2D eigenvalue weighted by molar-refractivity contribution is -0.0397. The molecule has 1 atom stereocenters. The van der Waals surface area contributed by atoms with Gasteiger partial charge < -0.3 is 5.11 Å². The summed E-state index contributed by atoms with van der Waals surface area (Å²) in [5.41, 5.74) is 0.335. The minimum Gasteiger partial charge on any atom is -0.385 e. The van der Waals surface area contributed by atoms with Crippen molar-refractivity contribution in [3.63, 3.8) is 0 Å². The van der Waals surface area contributed by atoms with Crippen LogP contribution < -0.4 is 0 Å². The van der Waals surface area contributed by atoms with Crippen molar-refractivity contribution in [2.45, 2.75) is 45.6 Å². The smallest absolute Gasteiger partial charge is 0.0876 e. The van der Waals surface area contributed by atoms with Gasteiger partial charge in [0, 0.05) is 0 Å². The van der Waals surface area contributed by atoms with Crippen molar-refractivity contribution >= 4 is 0 Å². The third kappa shape index (κ3) is 1.22. The molecule has 1 aliphatic rings. The van der Waals surface area contributed by atoms with Gasteiger partial charge in [-0.3, -0.25) is 0 Å². The second-order valence-corrected chi connectivity index (χ2v) is 4.41. The highest BCUT2D eigenvalue weighted by Gasteiger charge is 2.43. The largest absolute Gasteiger partial charge is 0.385 e. The molecule has 0 aromatic heterocycles. The molecule has 1 aliphatic carbocycles. The Labute approximate surface area is 69.1 Å². The molecule has 0 radical (unpaired) electrons. The van der Waals surface area contributed by atoms with Crippen LogP contribution in [0, 0.1) is 5.41 Å². The highest BCUT2D eigenvalue weighted by molar-refractivity contribution is 5.18. The fraction of sp³-hybridized carbons (Fsp3) is 0.800. The van der Waals surface area contributed by atoms with Crippen LogP contribution in [0.1, 0.15) is 40.0 Å². The van der Waals surface area contributed by atoms with Crippen molar-refractivity contribution in [3.8, 4) is 0 Å². The van der Waals surface area contributed by atoms with Crippen LogP contribution in [0.5, 0.6) is 0 Å². The van der Waals surface area contributed by atoms with E-state index < -0.39 is 5.60 Å². The van der Waals surface area contributed by atoms with Gasteiger partial charge in [0.1, 0.15) is 0 Å². The Hall–Kier alpha value is -0.300. The van der Waals surface area contributed by atoms with Gasteiger partial charge in [0.05, 0.1) is 5.60 Å². The maximum atomic E-state index is 10.1. The molecular weight excluding hydrogens is 136 g/mol. The Morgan fingerprint density at radius 3 is 2.27 bits per heavy atom. The summed E-state index contributed by atoms with van der Waals surface area (Å²) in [7, 11) is 0. The zero-order valence-corrected chi connectivity index (χ0v) is 7.78. The van der Waals surface area contributed by atoms with E-state index in [4.69, 9.17) is 0 Å². The molecule has 1 fully saturated rings. The molecule has 1 N–H and O–H groups in total. The Balaban J connectivity index is 2.91. The summed E-state index contributed by atoms with van der Waals surface area (Å²) in [5.74, 6) is 0. The summed E-state index contributed by atoms with van der Waals surface area (Å²) in [4.78, 5) is 0. The Kier molecular flexibility index (Phi) is 1.87. The van der Waals surface area contributed by atoms with Crippen LogP contribution in [0.4, 0.5) is 0 Å². The average molecular weight is 154 g/mol. The lowest BCUT2D eigenvalue weighted by Crippen LogP contribution is -2.45. The zero-order chi connectivity index (χ0) is 8.70. The maximum absolute atomic E-state index is 10.1. The lowest BCUT2D eigenvalue weighted by Gasteiger charge is -2.45. The average Bonchev–Trinajstić information content (AvgIpc) is 1.84. The van der Waals surface area contributed by atoms with Gasteiger partial charge in [-0.05, 0) is 37.2 Å². The third-order valence-corrected chi connectivity index (χ3v) is 3.29. The van der Waals surface area contributed by atoms with Gasteiger partial charge in [0.25, 0.3) is 0 Å². The highest BCUT2D eigenvalue weighted by Crippen LogP contribution is 2.45. The molecule has 1 unspecified atom stereocenters. The molecule has 0 heterocycles. The van der Waals surface area contributed by atoms with Crippen LogP contribution in [0.15, 0.2) is 12.2 Å². The molecule has 1 rings (SSSR count). The van der Waals surface area contributed by atoms with Crippen molar-refractivity contribution in [2.24, 2.45) is 5.41 Å². The number of rotatable bonds is 0. The quantitative estimate of drug-likeness (QED) is 0.531. The Bertz CT molecular complexity index is 177. The first-order valence-corrected chi connectivity index (χ1v) is 4.28. The number of hydrogen-bond donors (Lipinski definition) is 1. The van der Waals surface area contributed by atoms with Gasteiger partial charge >= 0.3 is 0 Å². The summed E-state index contributed by atoms with van der Waals surface area (Å²) in [6.07, 6.45) is 3.25. The third-order valence-electron chi connectivity index (χ3n) is 3.29. The van der Waals surface area contributed by atoms with E-state index in [2.05, 4.69) is 20.4 Å². The van der Waals surface area contributed by atoms with Crippen LogP contribution in [0.3, 0.4) is 0 Å². The molecule has 0 aromatic carbocycles. The van der Waals surface area contributed by atoms with Crippen LogP contribution in [-0.4, -0.2) is 10.7 Å². The molecular formula is C10H18O. The summed E-state index contributed by atoms with van der Waals surface area (Å²) in [5, 5.41) is 10.1. The van der Waals surface area contributed by atoms with E-state index in [9.17, 15) is 5.11 Å². The Morgan fingerprint density at radius 2 is 1.91 bits per heavy atom. The molecule has 0 spiro atoms. The van der Waals surface area contributed by atoms with E-state index in [-0.39, 0.29) is 5.41 Å². The van der Waals surface area contributed by atoms with Crippen LogP contribution in [0.2, 0.25) is 0 Å². The van der Waals surface area contributed by atoms with Gasteiger partial charge in [0.2, 0.25) is 0 Å². The predicted molar refractivity (Wildman–Crippen MR) is 47.4 cm³/mol. The second kappa shape index (κ2) is 2.34. The van der Waals surface area contributed by atoms with E-state index in [0.717, 1.165) is 18.4 Å². The molecule has 1 nitrogen and oxygen atoms in total. The van der Waals surface area contributed by atoms with E-state index in [0.29, 0.717) is 0 Å². The van der Waals surface area contributed by atoms with Crippen LogP contribution in [-0.2, 0) is 0 Å². The van der Waals surface area contributed by atoms with Gasteiger partial charge in [-0.25, -0.2) is 0 Å². The molecule has 64 valence electrons.